The molecule has 1 aromatic heterocycles. The molecular formula is C72H135N25O13. The third-order valence-corrected chi connectivity index (χ3v) is 20.0. The summed E-state index contributed by atoms with van der Waals surface area (Å²) in [5, 5.41) is 40.4. The van der Waals surface area contributed by atoms with E-state index in [2.05, 4.69) is 83.4 Å². The van der Waals surface area contributed by atoms with Gasteiger partial charge in [0.25, 0.3) is 0 Å². The molecule has 0 aliphatic carbocycles. The molecule has 0 saturated carbocycles. The number of carboxylic acids is 1. The molecule has 1 rings (SSSR count). The third-order valence-electron chi connectivity index (χ3n) is 20.0. The van der Waals surface area contributed by atoms with Gasteiger partial charge in [-0.15, -0.1) is 0 Å². The van der Waals surface area contributed by atoms with E-state index in [0.717, 1.165) is 0 Å². The van der Waals surface area contributed by atoms with Crippen molar-refractivity contribution in [1.82, 2.24) is 68.5 Å². The molecule has 0 saturated heterocycles. The average Bonchev–Trinajstić information content (AvgIpc) is 1.38. The van der Waals surface area contributed by atoms with Gasteiger partial charge in [0, 0.05) is 37.9 Å². The van der Waals surface area contributed by atoms with E-state index in [0.29, 0.717) is 82.9 Å². The van der Waals surface area contributed by atoms with Crippen LogP contribution >= 0.6 is 0 Å². The second kappa shape index (κ2) is 53.4. The number of unbranched alkanes of at least 4 members (excludes halogenated alkanes) is 2. The highest BCUT2D eigenvalue weighted by Crippen LogP contribution is 2.19. The molecule has 1 aromatic rings. The second-order valence-corrected chi connectivity index (χ2v) is 28.7. The number of guanidine groups is 3. The Labute approximate surface area is 648 Å². The number of hydrogen-bond donors (Lipinski definition) is 22. The van der Waals surface area contributed by atoms with Gasteiger partial charge in [-0.25, -0.2) is 9.78 Å². The minimum atomic E-state index is -1.41. The van der Waals surface area contributed by atoms with Gasteiger partial charge in [0.1, 0.15) is 66.5 Å². The summed E-state index contributed by atoms with van der Waals surface area (Å²) in [6, 6.07) is -15.5. The summed E-state index contributed by atoms with van der Waals surface area (Å²) in [5.74, 6) is -13.6. The molecule has 0 aromatic carbocycles. The number of nitrogens with zero attached hydrogens (tertiary/aromatic N) is 4. The Balaban J connectivity index is 3.81. The zero-order chi connectivity index (χ0) is 83.3. The topological polar surface area (TPSA) is 657 Å². The lowest BCUT2D eigenvalue weighted by atomic mass is 9.93. The number of aliphatic carboxylic acids is 1. The summed E-state index contributed by atoms with van der Waals surface area (Å²) >= 11 is 0. The Morgan fingerprint density at radius 1 is 0.364 bits per heavy atom. The van der Waals surface area contributed by atoms with Gasteiger partial charge >= 0.3 is 5.97 Å². The monoisotopic (exact) mass is 1560 g/mol. The fourth-order valence-electron chi connectivity index (χ4n) is 11.6. The summed E-state index contributed by atoms with van der Waals surface area (Å²) in [6.45, 7) is 21.9. The molecule has 0 aliphatic heterocycles. The van der Waals surface area contributed by atoms with E-state index in [1.54, 1.807) is 83.1 Å². The molecule has 31 N–H and O–H groups in total. The van der Waals surface area contributed by atoms with Crippen LogP contribution < -0.4 is 110 Å². The molecule has 38 nitrogen and oxygen atoms in total. The van der Waals surface area contributed by atoms with Crippen LogP contribution in [0.25, 0.3) is 0 Å². The maximum atomic E-state index is 14.9. The van der Waals surface area contributed by atoms with Gasteiger partial charge in [-0.3, -0.25) is 67.7 Å². The van der Waals surface area contributed by atoms with E-state index in [-0.39, 0.29) is 95.4 Å². The predicted molar refractivity (Wildman–Crippen MR) is 421 cm³/mol. The Kier molecular flexibility index (Phi) is 47.8. The van der Waals surface area contributed by atoms with Crippen molar-refractivity contribution in [2.24, 2.45) is 102 Å². The summed E-state index contributed by atoms with van der Waals surface area (Å²) in [7, 11) is 0. The number of nitrogens with two attached hydrogens (primary N) is 9. The largest absolute Gasteiger partial charge is 0.480 e. The number of rotatable bonds is 57. The highest BCUT2D eigenvalue weighted by atomic mass is 16.4. The number of carbonyl (C=O) groups excluding carboxylic acids is 11. The molecule has 0 aliphatic rings. The summed E-state index contributed by atoms with van der Waals surface area (Å²) < 4.78 is 0. The van der Waals surface area contributed by atoms with E-state index in [9.17, 15) is 62.6 Å². The predicted octanol–water partition coefficient (Wildman–Crippen LogP) is -2.61. The summed E-state index contributed by atoms with van der Waals surface area (Å²) in [5.41, 5.74) is 51.4. The van der Waals surface area contributed by atoms with E-state index < -0.39 is 179 Å². The number of H-pyrrole nitrogens is 1. The number of aromatic nitrogens is 2. The van der Waals surface area contributed by atoms with Crippen LogP contribution in [0.1, 0.15) is 204 Å². The number of aliphatic imine (C=N–C) groups is 3. The number of imidazole rings is 1. The number of aromatic amines is 1. The maximum Gasteiger partial charge on any atom is 0.326 e. The minimum absolute atomic E-state index is 0.00491. The van der Waals surface area contributed by atoms with Crippen LogP contribution in [-0.2, 0) is 64.0 Å². The summed E-state index contributed by atoms with van der Waals surface area (Å²) in [6.07, 6.45) is 7.34. The zero-order valence-electron chi connectivity index (χ0n) is 66.8. The number of nitrogens with one attached hydrogen (secondary N) is 12. The van der Waals surface area contributed by atoms with E-state index >= 15 is 0 Å². The van der Waals surface area contributed by atoms with Crippen molar-refractivity contribution in [3.8, 4) is 0 Å². The molecule has 626 valence electrons. The van der Waals surface area contributed by atoms with Gasteiger partial charge in [-0.1, -0.05) is 122 Å². The first-order valence-corrected chi connectivity index (χ1v) is 38.9. The van der Waals surface area contributed by atoms with Crippen molar-refractivity contribution in [3.63, 3.8) is 0 Å². The van der Waals surface area contributed by atoms with Crippen LogP contribution in [0.15, 0.2) is 27.5 Å². The zero-order valence-corrected chi connectivity index (χ0v) is 66.8. The normalized spacial score (nSPS) is 16.1. The van der Waals surface area contributed by atoms with Crippen LogP contribution in [-0.4, -0.2) is 209 Å². The fraction of sp³-hybridized carbons (Fsp3) is 0.750. The van der Waals surface area contributed by atoms with E-state index in [1.165, 1.54) is 12.5 Å². The molecule has 110 heavy (non-hydrogen) atoms. The first-order chi connectivity index (χ1) is 52.0. The standard InChI is InChI=1S/C72H135N25O13/c1-13-39(7)52(95-66(106)56(43(11)17-5)93-61(101)49(30-25-35-85-72(80)81)87-58(98)46(75)26-23-33-83-70(76)77)63(103)89-48(29-24-34-84-71(78)79)59(99)88-47(27-19-21-31-73)60(100)92-55(42(10)16-4)67(107)97-54(41(9)15-3)65(105)91-51(36-45-37-82-38-86-45)62(102)94-57(44(12)18-6)68(108)96-53(40(8)14-2)64(104)90-50(69(109)110)28-20-22-32-74/h37-44,46-57H,13-36,73-75H2,1-12H3,(H,82,86)(H,87,98)(H,88,99)(H,89,103)(H,90,104)(H,91,105)(H,92,100)(H,93,101)(H,94,102)(H,95,106)(H,96,108)(H,97,107)(H,109,110)(H4,76,77,83)(H4,78,79,84)(H4,80,81,85)/t39-,40-,41-,42-,43-,44-,46-,47-,48-,49-,50-,51-,52-,53-,54-,55-,56-,57-/m0/s1. The SMILES string of the molecule is CC[C@H](C)[C@H](NC(=O)[C@H](Cc1cnc[nH]1)NC(=O)[C@@H](NC(=O)[C@@H](NC(=O)[C@H](CCCCN)NC(=O)[C@H](CCCN=C(N)N)NC(=O)[C@@H](NC(=O)[C@@H](NC(=O)[C@H](CCCN=C(N)N)NC(=O)[C@@H](N)CCCN=C(N)N)[C@@H](C)CC)[C@@H](C)CC)[C@@H](C)CC)[C@@H](C)CC)C(=O)N[C@H](C(=O)N[C@@H](CCCCN)C(=O)O)[C@@H](C)CC. The van der Waals surface area contributed by atoms with E-state index in [1.807, 2.05) is 0 Å². The van der Waals surface area contributed by atoms with Crippen molar-refractivity contribution < 1.29 is 62.6 Å². The van der Waals surface area contributed by atoms with Gasteiger partial charge in [-0.05, 0) is 126 Å². The highest BCUT2D eigenvalue weighted by molar-refractivity contribution is 6.00. The van der Waals surface area contributed by atoms with Crippen LogP contribution in [0, 0.1) is 35.5 Å². The Bertz CT molecular complexity index is 3110. The molecule has 11 amide bonds. The molecule has 0 unspecified atom stereocenters. The van der Waals surface area contributed by atoms with Crippen LogP contribution in [0.5, 0.6) is 0 Å². The first kappa shape index (κ1) is 98.5. The average molecular weight is 1560 g/mol. The number of carbonyl (C=O) groups is 12. The number of amides is 11. The van der Waals surface area contributed by atoms with Crippen molar-refractivity contribution in [2.75, 3.05) is 32.7 Å². The minimum Gasteiger partial charge on any atom is -0.480 e. The first-order valence-electron chi connectivity index (χ1n) is 38.9. The third kappa shape index (κ3) is 36.4. The smallest absolute Gasteiger partial charge is 0.326 e. The Morgan fingerprint density at radius 2 is 0.618 bits per heavy atom. The van der Waals surface area contributed by atoms with Crippen molar-refractivity contribution in [3.05, 3.63) is 18.2 Å². The quantitative estimate of drug-likeness (QED) is 0.0181. The number of carboxylic acid groups (broad SMARTS) is 1. The molecule has 38 heteroatoms. The molecular weight excluding hydrogens is 1420 g/mol. The lowest BCUT2D eigenvalue weighted by Gasteiger charge is -2.32. The van der Waals surface area contributed by atoms with Crippen molar-refractivity contribution >= 4 is 88.8 Å². The Morgan fingerprint density at radius 3 is 0.918 bits per heavy atom. The maximum absolute atomic E-state index is 14.9. The number of hydrogen-bond acceptors (Lipinski definition) is 19. The lowest BCUT2D eigenvalue weighted by molar-refractivity contribution is -0.143. The lowest BCUT2D eigenvalue weighted by Crippen LogP contribution is -2.63. The van der Waals surface area contributed by atoms with E-state index in [4.69, 9.17) is 51.6 Å². The highest BCUT2D eigenvalue weighted by Gasteiger charge is 2.41. The van der Waals surface area contributed by atoms with Gasteiger partial charge in [0.2, 0.25) is 65.0 Å². The molecule has 0 fully saturated rings. The molecule has 0 radical (unpaired) electrons. The molecule has 18 atom stereocenters. The van der Waals surface area contributed by atoms with Crippen LogP contribution in [0.3, 0.4) is 0 Å². The molecule has 1 heterocycles. The van der Waals surface area contributed by atoms with Crippen molar-refractivity contribution in [1.29, 1.82) is 0 Å². The van der Waals surface area contributed by atoms with Gasteiger partial charge < -0.3 is 120 Å². The Hall–Kier alpha value is -9.46. The second-order valence-electron chi connectivity index (χ2n) is 28.7. The fourth-order valence-corrected chi connectivity index (χ4v) is 11.6. The van der Waals surface area contributed by atoms with Crippen molar-refractivity contribution in [2.45, 2.75) is 278 Å². The van der Waals surface area contributed by atoms with Crippen LogP contribution in [0.2, 0.25) is 0 Å². The van der Waals surface area contributed by atoms with Gasteiger partial charge in [0.15, 0.2) is 17.9 Å². The molecule has 0 bridgehead atoms. The van der Waals surface area contributed by atoms with Gasteiger partial charge in [0.05, 0.1) is 12.4 Å². The van der Waals surface area contributed by atoms with Crippen LogP contribution in [0.4, 0.5) is 0 Å². The van der Waals surface area contributed by atoms with Gasteiger partial charge in [-0.2, -0.15) is 0 Å². The molecule has 0 spiro atoms. The summed E-state index contributed by atoms with van der Waals surface area (Å²) in [4.78, 5) is 191.